The average molecular weight is 209 g/mol. The van der Waals surface area contributed by atoms with E-state index < -0.39 is 0 Å². The van der Waals surface area contributed by atoms with Gasteiger partial charge < -0.3 is 9.47 Å². The van der Waals surface area contributed by atoms with Gasteiger partial charge in [0.2, 0.25) is 0 Å². The number of fused-ring (bicyclic) bond motifs is 1. The molecule has 2 aromatic rings. The molecule has 0 N–H and O–H groups in total. The van der Waals surface area contributed by atoms with Crippen LogP contribution in [0, 0.1) is 6.92 Å². The van der Waals surface area contributed by atoms with Crippen molar-refractivity contribution in [3.8, 4) is 11.5 Å². The molecule has 0 bridgehead atoms. The number of ether oxygens (including phenoxy) is 2. The Morgan fingerprint density at radius 2 is 1.79 bits per heavy atom. The van der Waals surface area contributed by atoms with Gasteiger partial charge in [-0.3, -0.25) is 0 Å². The molecule has 0 radical (unpaired) electrons. The van der Waals surface area contributed by atoms with E-state index in [9.17, 15) is 0 Å². The lowest BCUT2D eigenvalue weighted by molar-refractivity contribution is 0.356. The van der Waals surface area contributed by atoms with Crippen LogP contribution in [0.4, 0.5) is 0 Å². The van der Waals surface area contributed by atoms with Gasteiger partial charge in [-0.05, 0) is 24.5 Å². The third kappa shape index (κ3) is 1.32. The minimum Gasteiger partial charge on any atom is -0.493 e. The summed E-state index contributed by atoms with van der Waals surface area (Å²) in [6.45, 7) is 1.99. The van der Waals surface area contributed by atoms with E-state index in [1.165, 1.54) is 11.5 Å². The minimum absolute atomic E-state index is 0.753. The molecule has 0 aliphatic rings. The van der Waals surface area contributed by atoms with Crippen LogP contribution in [0.2, 0.25) is 0 Å². The molecule has 2 rings (SSSR count). The number of nitrogens with zero attached hydrogens (tertiary/aromatic N) is 1. The van der Waals surface area contributed by atoms with Gasteiger partial charge in [-0.15, -0.1) is 0 Å². The molecule has 74 valence electrons. The first kappa shape index (κ1) is 9.27. The zero-order valence-electron chi connectivity index (χ0n) is 8.33. The zero-order chi connectivity index (χ0) is 10.1. The number of benzene rings is 1. The molecular formula is C10H11NO2S. The Labute approximate surface area is 86.4 Å². The van der Waals surface area contributed by atoms with Crippen molar-refractivity contribution < 1.29 is 9.47 Å². The summed E-state index contributed by atoms with van der Waals surface area (Å²) in [5.74, 6) is 1.51. The van der Waals surface area contributed by atoms with Crippen molar-refractivity contribution in [3.05, 3.63) is 17.8 Å². The summed E-state index contributed by atoms with van der Waals surface area (Å²) in [6, 6.07) is 3.92. The van der Waals surface area contributed by atoms with Crippen LogP contribution in [0.15, 0.2) is 12.1 Å². The monoisotopic (exact) mass is 209 g/mol. The van der Waals surface area contributed by atoms with Gasteiger partial charge in [0.05, 0.1) is 24.6 Å². The topological polar surface area (TPSA) is 31.4 Å². The predicted molar refractivity (Wildman–Crippen MR) is 57.5 cm³/mol. The van der Waals surface area contributed by atoms with E-state index in [2.05, 4.69) is 4.37 Å². The Bertz CT molecular complexity index is 464. The molecule has 0 aliphatic heterocycles. The third-order valence-corrected chi connectivity index (χ3v) is 3.06. The van der Waals surface area contributed by atoms with Gasteiger partial charge in [0, 0.05) is 11.5 Å². The Balaban J connectivity index is 2.71. The van der Waals surface area contributed by atoms with Gasteiger partial charge >= 0.3 is 0 Å². The lowest BCUT2D eigenvalue weighted by Gasteiger charge is -2.06. The first-order valence-corrected chi connectivity index (χ1v) is 5.01. The van der Waals surface area contributed by atoms with E-state index in [-0.39, 0.29) is 0 Å². The Morgan fingerprint density at radius 3 is 2.43 bits per heavy atom. The maximum Gasteiger partial charge on any atom is 0.162 e. The molecule has 0 spiro atoms. The highest BCUT2D eigenvalue weighted by Gasteiger charge is 2.09. The molecule has 1 heterocycles. The smallest absolute Gasteiger partial charge is 0.162 e. The summed E-state index contributed by atoms with van der Waals surface area (Å²) in [4.78, 5) is 0. The standard InChI is InChI=1S/C10H11NO2S/c1-6-7-4-8(12-2)9(13-3)5-10(7)14-11-6/h4-5H,1-3H3. The van der Waals surface area contributed by atoms with E-state index in [1.807, 2.05) is 19.1 Å². The van der Waals surface area contributed by atoms with E-state index in [0.717, 1.165) is 27.3 Å². The molecule has 0 saturated carbocycles. The Kier molecular flexibility index (Phi) is 2.29. The van der Waals surface area contributed by atoms with Crippen molar-refractivity contribution in [2.24, 2.45) is 0 Å². The largest absolute Gasteiger partial charge is 0.493 e. The molecule has 0 fully saturated rings. The Hall–Kier alpha value is -1.29. The fourth-order valence-corrected chi connectivity index (χ4v) is 2.18. The van der Waals surface area contributed by atoms with Crippen molar-refractivity contribution in [2.45, 2.75) is 6.92 Å². The van der Waals surface area contributed by atoms with Crippen molar-refractivity contribution in [1.82, 2.24) is 4.37 Å². The normalized spacial score (nSPS) is 10.5. The van der Waals surface area contributed by atoms with Crippen LogP contribution in [-0.2, 0) is 0 Å². The number of hydrogen-bond acceptors (Lipinski definition) is 4. The van der Waals surface area contributed by atoms with Gasteiger partial charge in [-0.2, -0.15) is 4.37 Å². The summed E-state index contributed by atoms with van der Waals surface area (Å²) < 4.78 is 15.8. The maximum atomic E-state index is 5.22. The lowest BCUT2D eigenvalue weighted by atomic mass is 10.2. The van der Waals surface area contributed by atoms with E-state index in [0.29, 0.717) is 0 Å². The van der Waals surface area contributed by atoms with Crippen LogP contribution < -0.4 is 9.47 Å². The fraction of sp³-hybridized carbons (Fsp3) is 0.300. The van der Waals surface area contributed by atoms with E-state index in [4.69, 9.17) is 9.47 Å². The molecule has 3 nitrogen and oxygen atoms in total. The molecule has 0 atom stereocenters. The van der Waals surface area contributed by atoms with Gasteiger partial charge in [-0.1, -0.05) is 0 Å². The second-order valence-corrected chi connectivity index (χ2v) is 3.78. The van der Waals surface area contributed by atoms with Crippen molar-refractivity contribution in [2.75, 3.05) is 14.2 Å². The summed E-state index contributed by atoms with van der Waals surface area (Å²) in [7, 11) is 3.27. The van der Waals surface area contributed by atoms with Crippen LogP contribution >= 0.6 is 11.5 Å². The van der Waals surface area contributed by atoms with Crippen molar-refractivity contribution in [1.29, 1.82) is 0 Å². The number of hydrogen-bond donors (Lipinski definition) is 0. The number of rotatable bonds is 2. The highest BCUT2D eigenvalue weighted by atomic mass is 32.1. The van der Waals surface area contributed by atoms with Gasteiger partial charge in [0.1, 0.15) is 0 Å². The number of methoxy groups -OCH3 is 2. The van der Waals surface area contributed by atoms with Gasteiger partial charge in [0.25, 0.3) is 0 Å². The maximum absolute atomic E-state index is 5.22. The second-order valence-electron chi connectivity index (χ2n) is 2.97. The molecule has 1 aromatic carbocycles. The van der Waals surface area contributed by atoms with Crippen molar-refractivity contribution >= 4 is 21.6 Å². The summed E-state index contributed by atoms with van der Waals surface area (Å²) in [5, 5.41) is 1.13. The molecular weight excluding hydrogens is 198 g/mol. The van der Waals surface area contributed by atoms with Crippen LogP contribution in [0.5, 0.6) is 11.5 Å². The molecule has 14 heavy (non-hydrogen) atoms. The highest BCUT2D eigenvalue weighted by Crippen LogP contribution is 2.34. The molecule has 0 unspecified atom stereocenters. The molecule has 0 saturated heterocycles. The average Bonchev–Trinajstić information content (AvgIpc) is 2.58. The first-order chi connectivity index (χ1) is 6.76. The van der Waals surface area contributed by atoms with Crippen LogP contribution in [0.3, 0.4) is 0 Å². The summed E-state index contributed by atoms with van der Waals surface area (Å²) in [5.41, 5.74) is 1.03. The number of aryl methyl sites for hydroxylation is 1. The van der Waals surface area contributed by atoms with Crippen molar-refractivity contribution in [3.63, 3.8) is 0 Å². The van der Waals surface area contributed by atoms with E-state index >= 15 is 0 Å². The summed E-state index contributed by atoms with van der Waals surface area (Å²) >= 11 is 1.48. The minimum atomic E-state index is 0.753. The van der Waals surface area contributed by atoms with Crippen LogP contribution in [0.25, 0.3) is 10.1 Å². The second kappa shape index (κ2) is 3.46. The van der Waals surface area contributed by atoms with Crippen LogP contribution in [0.1, 0.15) is 5.69 Å². The third-order valence-electron chi connectivity index (χ3n) is 2.16. The summed E-state index contributed by atoms with van der Waals surface area (Å²) in [6.07, 6.45) is 0. The van der Waals surface area contributed by atoms with Gasteiger partial charge in [0.15, 0.2) is 11.5 Å². The highest BCUT2D eigenvalue weighted by molar-refractivity contribution is 7.13. The Morgan fingerprint density at radius 1 is 1.14 bits per heavy atom. The fourth-order valence-electron chi connectivity index (χ4n) is 1.39. The predicted octanol–water partition coefficient (Wildman–Crippen LogP) is 2.62. The molecule has 1 aromatic heterocycles. The quantitative estimate of drug-likeness (QED) is 0.762. The first-order valence-electron chi connectivity index (χ1n) is 4.24. The SMILES string of the molecule is COc1cc2snc(C)c2cc1OC. The van der Waals surface area contributed by atoms with E-state index in [1.54, 1.807) is 14.2 Å². The molecule has 0 aliphatic carbocycles. The molecule has 4 heteroatoms. The number of aromatic nitrogens is 1. The lowest BCUT2D eigenvalue weighted by Crippen LogP contribution is -1.89. The zero-order valence-corrected chi connectivity index (χ0v) is 9.14. The van der Waals surface area contributed by atoms with Gasteiger partial charge in [-0.25, -0.2) is 0 Å². The van der Waals surface area contributed by atoms with Crippen LogP contribution in [-0.4, -0.2) is 18.6 Å². The molecule has 0 amide bonds.